The zero-order valence-electron chi connectivity index (χ0n) is 36.5. The van der Waals surface area contributed by atoms with Gasteiger partial charge in [0, 0.05) is 22.5 Å². The molecule has 1 nitrogen and oxygen atoms in total. The van der Waals surface area contributed by atoms with Crippen molar-refractivity contribution < 1.29 is 0 Å². The van der Waals surface area contributed by atoms with E-state index in [0.717, 1.165) is 17.1 Å². The molecular weight excluding hydrogens is 783 g/mol. The molecular formula is C64H45N. The first-order valence-electron chi connectivity index (χ1n) is 22.8. The molecule has 0 amide bonds. The van der Waals surface area contributed by atoms with E-state index in [9.17, 15) is 0 Å². The fourth-order valence-electron chi connectivity index (χ4n) is 11.6. The summed E-state index contributed by atoms with van der Waals surface area (Å²) in [7, 11) is 0. The van der Waals surface area contributed by atoms with Crippen LogP contribution in [-0.4, -0.2) is 0 Å². The summed E-state index contributed by atoms with van der Waals surface area (Å²) in [4.78, 5) is 2.47. The number of nitrogens with zero attached hydrogens (tertiary/aromatic N) is 1. The predicted molar refractivity (Wildman–Crippen MR) is 271 cm³/mol. The van der Waals surface area contributed by atoms with E-state index in [1.807, 2.05) is 0 Å². The first kappa shape index (κ1) is 37.5. The zero-order valence-corrected chi connectivity index (χ0v) is 36.5. The molecule has 0 radical (unpaired) electrons. The lowest BCUT2D eigenvalue weighted by Crippen LogP contribution is -2.25. The highest BCUT2D eigenvalue weighted by Gasteiger charge is 2.51. The maximum absolute atomic E-state index is 2.47. The lowest BCUT2D eigenvalue weighted by atomic mass is 9.70. The van der Waals surface area contributed by atoms with Crippen molar-refractivity contribution in [1.29, 1.82) is 0 Å². The molecule has 0 bridgehead atoms. The van der Waals surface area contributed by atoms with Crippen LogP contribution in [0.15, 0.2) is 237 Å². The van der Waals surface area contributed by atoms with Gasteiger partial charge < -0.3 is 4.90 Å². The van der Waals surface area contributed by atoms with Crippen molar-refractivity contribution in [1.82, 2.24) is 0 Å². The van der Waals surface area contributed by atoms with Gasteiger partial charge in [-0.1, -0.05) is 214 Å². The Hall–Kier alpha value is -8.00. The van der Waals surface area contributed by atoms with Crippen molar-refractivity contribution in [3.8, 4) is 66.8 Å². The van der Waals surface area contributed by atoms with Crippen molar-refractivity contribution in [2.75, 3.05) is 4.90 Å². The van der Waals surface area contributed by atoms with Crippen molar-refractivity contribution in [2.45, 2.75) is 24.7 Å². The number of rotatable bonds is 6. The minimum atomic E-state index is -0.380. The van der Waals surface area contributed by atoms with Crippen LogP contribution in [0.2, 0.25) is 0 Å². The summed E-state index contributed by atoms with van der Waals surface area (Å²) in [5, 5.41) is 0. The summed E-state index contributed by atoms with van der Waals surface area (Å²) in [5.74, 6) is 0. The predicted octanol–water partition coefficient (Wildman–Crippen LogP) is 16.8. The van der Waals surface area contributed by atoms with Crippen LogP contribution < -0.4 is 4.90 Å². The number of hydrogen-bond donors (Lipinski definition) is 0. The highest BCUT2D eigenvalue weighted by atomic mass is 15.1. The van der Waals surface area contributed by atoms with E-state index in [-0.39, 0.29) is 10.8 Å². The fraction of sp³-hybridized carbons (Fsp3) is 0.0625. The van der Waals surface area contributed by atoms with E-state index in [0.29, 0.717) is 0 Å². The molecule has 0 saturated heterocycles. The normalized spacial score (nSPS) is 13.9. The van der Waals surface area contributed by atoms with Crippen LogP contribution in [0.5, 0.6) is 0 Å². The minimum absolute atomic E-state index is 0.125. The molecule has 0 fully saturated rings. The monoisotopic (exact) mass is 827 g/mol. The average Bonchev–Trinajstić information content (AvgIpc) is 3.93. The molecule has 0 atom stereocenters. The van der Waals surface area contributed by atoms with Gasteiger partial charge in [0.2, 0.25) is 0 Å². The van der Waals surface area contributed by atoms with Crippen LogP contribution in [0.4, 0.5) is 17.1 Å². The highest BCUT2D eigenvalue weighted by Crippen LogP contribution is 2.63. The molecule has 0 aromatic heterocycles. The largest absolute Gasteiger partial charge is 0.310 e. The first-order chi connectivity index (χ1) is 32.0. The van der Waals surface area contributed by atoms with E-state index in [2.05, 4.69) is 255 Å². The second-order valence-corrected chi connectivity index (χ2v) is 18.4. The minimum Gasteiger partial charge on any atom is -0.310 e. The van der Waals surface area contributed by atoms with Crippen molar-refractivity contribution in [3.05, 3.63) is 270 Å². The summed E-state index contributed by atoms with van der Waals surface area (Å²) in [6.07, 6.45) is 0. The molecule has 1 heteroatoms. The van der Waals surface area contributed by atoms with Crippen molar-refractivity contribution in [3.63, 3.8) is 0 Å². The molecule has 0 unspecified atom stereocenters. The van der Waals surface area contributed by atoms with Gasteiger partial charge in [0.05, 0.1) is 5.41 Å². The van der Waals surface area contributed by atoms with Gasteiger partial charge in [-0.3, -0.25) is 0 Å². The number of anilines is 3. The number of hydrogen-bond acceptors (Lipinski definition) is 1. The van der Waals surface area contributed by atoms with Gasteiger partial charge in [-0.2, -0.15) is 0 Å². The molecule has 13 rings (SSSR count). The van der Waals surface area contributed by atoms with Gasteiger partial charge in [-0.15, -0.1) is 0 Å². The molecule has 3 aliphatic carbocycles. The smallest absolute Gasteiger partial charge is 0.0725 e. The van der Waals surface area contributed by atoms with E-state index in [4.69, 9.17) is 0 Å². The van der Waals surface area contributed by atoms with Crippen molar-refractivity contribution >= 4 is 17.1 Å². The molecule has 306 valence electrons. The van der Waals surface area contributed by atoms with Gasteiger partial charge in [0.1, 0.15) is 0 Å². The number of benzene rings is 10. The topological polar surface area (TPSA) is 3.24 Å². The zero-order chi connectivity index (χ0) is 43.3. The molecule has 0 saturated carbocycles. The Labute approximate surface area is 381 Å². The lowest BCUT2D eigenvalue weighted by molar-refractivity contribution is 0.660. The van der Waals surface area contributed by atoms with E-state index >= 15 is 0 Å². The van der Waals surface area contributed by atoms with Crippen LogP contribution in [0, 0.1) is 0 Å². The van der Waals surface area contributed by atoms with Crippen LogP contribution in [-0.2, 0) is 10.8 Å². The second kappa shape index (κ2) is 14.3. The lowest BCUT2D eigenvalue weighted by Gasteiger charge is -2.31. The molecule has 10 aromatic carbocycles. The Morgan fingerprint density at radius 2 is 0.585 bits per heavy atom. The van der Waals surface area contributed by atoms with Gasteiger partial charge in [-0.25, -0.2) is 0 Å². The third kappa shape index (κ3) is 5.52. The van der Waals surface area contributed by atoms with E-state index < -0.39 is 0 Å². The van der Waals surface area contributed by atoms with Crippen LogP contribution in [0.3, 0.4) is 0 Å². The molecule has 0 N–H and O–H groups in total. The molecule has 10 aromatic rings. The molecule has 65 heavy (non-hydrogen) atoms. The maximum atomic E-state index is 2.47. The third-order valence-corrected chi connectivity index (χ3v) is 14.7. The van der Waals surface area contributed by atoms with Gasteiger partial charge in [0.15, 0.2) is 0 Å². The Bertz CT molecular complexity index is 3440. The van der Waals surface area contributed by atoms with Crippen LogP contribution in [0.25, 0.3) is 66.8 Å². The molecule has 0 aliphatic heterocycles. The Morgan fingerprint density at radius 3 is 1.11 bits per heavy atom. The van der Waals surface area contributed by atoms with E-state index in [1.54, 1.807) is 0 Å². The average molecular weight is 828 g/mol. The van der Waals surface area contributed by atoms with Gasteiger partial charge >= 0.3 is 0 Å². The maximum Gasteiger partial charge on any atom is 0.0725 e. The van der Waals surface area contributed by atoms with E-state index in [1.165, 1.54) is 100 Å². The summed E-state index contributed by atoms with van der Waals surface area (Å²) in [5.41, 5.74) is 26.2. The third-order valence-electron chi connectivity index (χ3n) is 14.7. The second-order valence-electron chi connectivity index (χ2n) is 18.4. The summed E-state index contributed by atoms with van der Waals surface area (Å²) in [6.45, 7) is 4.74. The highest BCUT2D eigenvalue weighted by molar-refractivity contribution is 5.97. The summed E-state index contributed by atoms with van der Waals surface area (Å²) in [6, 6.07) is 88.1. The number of fused-ring (bicyclic) bond motifs is 13. The molecule has 1 spiro atoms. The first-order valence-corrected chi connectivity index (χ1v) is 22.8. The molecule has 3 aliphatic rings. The Kier molecular flexibility index (Phi) is 8.24. The molecule has 0 heterocycles. The van der Waals surface area contributed by atoms with Gasteiger partial charge in [0.25, 0.3) is 0 Å². The van der Waals surface area contributed by atoms with Crippen LogP contribution in [0.1, 0.15) is 47.2 Å². The summed E-state index contributed by atoms with van der Waals surface area (Å²) < 4.78 is 0. The summed E-state index contributed by atoms with van der Waals surface area (Å²) >= 11 is 0. The van der Waals surface area contributed by atoms with Crippen LogP contribution >= 0.6 is 0 Å². The standard InChI is InChI=1S/C64H45N/c1-63(2)57-20-10-6-16-51(57)55-38-36-50(41-62(55)63)65(48-34-32-47(33-35-48)46-30-28-45(29-31-46)44-26-24-43(25-27-44)42-14-4-3-5-15-42)49-37-39-61-56(40-49)54-19-9-13-23-60(54)64(61)58-21-11-7-17-52(58)53-18-8-12-22-59(53)64/h3-41H,1-2H3. The quantitative estimate of drug-likeness (QED) is 0.161. The SMILES string of the molecule is CC1(C)c2ccccc2-c2ccc(N(c3ccc(-c4ccc(-c5ccc(-c6ccccc6)cc5)cc4)cc3)c3ccc4c(c3)-c3ccccc3C43c4ccccc4-c4ccccc43)cc21. The van der Waals surface area contributed by atoms with Crippen molar-refractivity contribution in [2.24, 2.45) is 0 Å². The Morgan fingerprint density at radius 1 is 0.246 bits per heavy atom. The van der Waals surface area contributed by atoms with Gasteiger partial charge in [-0.05, 0) is 137 Å². The fourth-order valence-corrected chi connectivity index (χ4v) is 11.6. The Balaban J connectivity index is 0.919.